The molecule has 0 aliphatic carbocycles. The molecule has 2 aliphatic rings. The Morgan fingerprint density at radius 3 is 2.60 bits per heavy atom. The Balaban J connectivity index is 0.00000147. The molecular weight excluding hydrogens is 279 g/mol. The minimum atomic E-state index is -0.250. The number of fused-ring (bicyclic) bond motifs is 1. The van der Waals surface area contributed by atoms with Gasteiger partial charge in [0, 0.05) is 19.6 Å². The van der Waals surface area contributed by atoms with Gasteiger partial charge in [0.1, 0.15) is 0 Å². The first-order chi connectivity index (χ1) is 9.26. The van der Waals surface area contributed by atoms with Crippen LogP contribution in [-0.4, -0.2) is 37.7 Å². The summed E-state index contributed by atoms with van der Waals surface area (Å²) in [6, 6.07) is 5.32. The van der Waals surface area contributed by atoms with Crippen molar-refractivity contribution < 1.29 is 9.13 Å². The van der Waals surface area contributed by atoms with Crippen molar-refractivity contribution in [2.45, 2.75) is 13.5 Å². The van der Waals surface area contributed by atoms with Gasteiger partial charge < -0.3 is 10.1 Å². The molecule has 112 valence electrons. The van der Waals surface area contributed by atoms with Crippen LogP contribution in [0.25, 0.3) is 0 Å². The molecule has 3 nitrogen and oxygen atoms in total. The lowest BCUT2D eigenvalue weighted by molar-refractivity contribution is 0.302. The minimum absolute atomic E-state index is 0. The Kier molecular flexibility index (Phi) is 5.24. The van der Waals surface area contributed by atoms with E-state index in [1.807, 2.05) is 13.0 Å². The van der Waals surface area contributed by atoms with Crippen molar-refractivity contribution in [2.75, 3.05) is 32.8 Å². The third-order valence-electron chi connectivity index (χ3n) is 4.17. The van der Waals surface area contributed by atoms with E-state index < -0.39 is 0 Å². The van der Waals surface area contributed by atoms with Gasteiger partial charge in [-0.25, -0.2) is 4.39 Å². The Labute approximate surface area is 125 Å². The average molecular weight is 301 g/mol. The van der Waals surface area contributed by atoms with Gasteiger partial charge in [-0.15, -0.1) is 12.4 Å². The van der Waals surface area contributed by atoms with Gasteiger partial charge in [0.15, 0.2) is 11.6 Å². The highest BCUT2D eigenvalue weighted by Crippen LogP contribution is 2.28. The van der Waals surface area contributed by atoms with Crippen molar-refractivity contribution in [3.63, 3.8) is 0 Å². The molecule has 2 fully saturated rings. The molecule has 1 aromatic rings. The van der Waals surface area contributed by atoms with Crippen molar-refractivity contribution >= 4 is 12.4 Å². The highest BCUT2D eigenvalue weighted by atomic mass is 35.5. The van der Waals surface area contributed by atoms with Crippen LogP contribution in [0.2, 0.25) is 0 Å². The maximum atomic E-state index is 13.8. The van der Waals surface area contributed by atoms with Crippen molar-refractivity contribution in [3.05, 3.63) is 29.6 Å². The molecule has 2 saturated heterocycles. The summed E-state index contributed by atoms with van der Waals surface area (Å²) in [7, 11) is 0. The Morgan fingerprint density at radius 1 is 1.30 bits per heavy atom. The predicted octanol–water partition coefficient (Wildman–Crippen LogP) is 2.30. The smallest absolute Gasteiger partial charge is 0.165 e. The zero-order chi connectivity index (χ0) is 13.2. The van der Waals surface area contributed by atoms with E-state index in [1.165, 1.54) is 0 Å². The largest absolute Gasteiger partial charge is 0.491 e. The van der Waals surface area contributed by atoms with Crippen LogP contribution in [0.3, 0.4) is 0 Å². The Morgan fingerprint density at radius 2 is 2.00 bits per heavy atom. The lowest BCUT2D eigenvalue weighted by Gasteiger charge is -2.17. The van der Waals surface area contributed by atoms with Crippen molar-refractivity contribution in [3.8, 4) is 5.75 Å². The van der Waals surface area contributed by atoms with E-state index in [-0.39, 0.29) is 18.2 Å². The second-order valence-corrected chi connectivity index (χ2v) is 5.57. The van der Waals surface area contributed by atoms with Gasteiger partial charge in [-0.3, -0.25) is 4.90 Å². The monoisotopic (exact) mass is 300 g/mol. The highest BCUT2D eigenvalue weighted by Gasteiger charge is 2.35. The number of halogens is 2. The topological polar surface area (TPSA) is 24.5 Å². The van der Waals surface area contributed by atoms with Gasteiger partial charge in [0.25, 0.3) is 0 Å². The third kappa shape index (κ3) is 3.25. The van der Waals surface area contributed by atoms with Crippen LogP contribution in [0.15, 0.2) is 18.2 Å². The molecular formula is C15H22ClFN2O. The van der Waals surface area contributed by atoms with Crippen LogP contribution in [0.5, 0.6) is 5.75 Å². The number of hydrogen-bond acceptors (Lipinski definition) is 3. The molecule has 1 N–H and O–H groups in total. The first-order valence-electron chi connectivity index (χ1n) is 7.10. The Bertz CT molecular complexity index is 445. The van der Waals surface area contributed by atoms with Crippen LogP contribution in [0, 0.1) is 17.7 Å². The molecule has 2 heterocycles. The number of rotatable bonds is 4. The van der Waals surface area contributed by atoms with Gasteiger partial charge in [-0.05, 0) is 49.5 Å². The summed E-state index contributed by atoms with van der Waals surface area (Å²) in [5.74, 6) is 1.68. The molecule has 2 atom stereocenters. The molecule has 0 amide bonds. The van der Waals surface area contributed by atoms with E-state index in [2.05, 4.69) is 10.2 Å². The molecule has 5 heteroatoms. The molecule has 20 heavy (non-hydrogen) atoms. The summed E-state index contributed by atoms with van der Waals surface area (Å²) in [4.78, 5) is 2.44. The van der Waals surface area contributed by atoms with Crippen molar-refractivity contribution in [1.29, 1.82) is 0 Å². The summed E-state index contributed by atoms with van der Waals surface area (Å²) in [6.07, 6.45) is 0. The van der Waals surface area contributed by atoms with E-state index >= 15 is 0 Å². The van der Waals surface area contributed by atoms with Gasteiger partial charge in [0.2, 0.25) is 0 Å². The number of nitrogens with zero attached hydrogens (tertiary/aromatic N) is 1. The number of nitrogens with one attached hydrogen (secondary N) is 1. The fourth-order valence-corrected chi connectivity index (χ4v) is 3.26. The fraction of sp³-hybridized carbons (Fsp3) is 0.600. The van der Waals surface area contributed by atoms with Crippen molar-refractivity contribution in [2.24, 2.45) is 11.8 Å². The van der Waals surface area contributed by atoms with Gasteiger partial charge >= 0.3 is 0 Å². The quantitative estimate of drug-likeness (QED) is 0.923. The first-order valence-corrected chi connectivity index (χ1v) is 7.10. The summed E-state index contributed by atoms with van der Waals surface area (Å²) in [5.41, 5.74) is 1.04. The molecule has 3 rings (SSSR count). The maximum absolute atomic E-state index is 13.8. The van der Waals surface area contributed by atoms with E-state index in [0.29, 0.717) is 12.4 Å². The van der Waals surface area contributed by atoms with Crippen molar-refractivity contribution in [1.82, 2.24) is 10.2 Å². The number of benzene rings is 1. The van der Waals surface area contributed by atoms with Crippen LogP contribution < -0.4 is 10.1 Å². The SMILES string of the molecule is CCOc1ccc(CN2C[C@H]3CNC[C@H]3C2)cc1F.Cl. The number of ether oxygens (including phenoxy) is 1. The average Bonchev–Trinajstić information content (AvgIpc) is 2.93. The Hall–Kier alpha value is -0.840. The van der Waals surface area contributed by atoms with Crippen LogP contribution in [0.1, 0.15) is 12.5 Å². The standard InChI is InChI=1S/C15H21FN2O.ClH/c1-2-19-15-4-3-11(5-14(15)16)8-18-9-12-6-17-7-13(12)10-18;/h3-5,12-13,17H,2,6-10H2,1H3;1H/t12-,13+;. The van der Waals surface area contributed by atoms with E-state index in [4.69, 9.17) is 4.74 Å². The maximum Gasteiger partial charge on any atom is 0.165 e. The first kappa shape index (κ1) is 15.5. The normalized spacial score (nSPS) is 25.3. The third-order valence-corrected chi connectivity index (χ3v) is 4.17. The van der Waals surface area contributed by atoms with E-state index in [1.54, 1.807) is 12.1 Å². The van der Waals surface area contributed by atoms with Crippen LogP contribution >= 0.6 is 12.4 Å². The molecule has 0 aromatic heterocycles. The van der Waals surface area contributed by atoms with Gasteiger partial charge in [-0.1, -0.05) is 6.07 Å². The van der Waals surface area contributed by atoms with Crippen LogP contribution in [-0.2, 0) is 6.54 Å². The molecule has 0 bridgehead atoms. The predicted molar refractivity (Wildman–Crippen MR) is 79.9 cm³/mol. The summed E-state index contributed by atoms with van der Waals surface area (Å²) in [5, 5.41) is 3.44. The zero-order valence-electron chi connectivity index (χ0n) is 11.8. The molecule has 2 aliphatic heterocycles. The molecule has 1 aromatic carbocycles. The minimum Gasteiger partial charge on any atom is -0.491 e. The molecule has 0 saturated carbocycles. The summed E-state index contributed by atoms with van der Waals surface area (Å²) in [6.45, 7) is 7.75. The summed E-state index contributed by atoms with van der Waals surface area (Å²) < 4.78 is 19.0. The lowest BCUT2D eigenvalue weighted by atomic mass is 10.0. The van der Waals surface area contributed by atoms with Gasteiger partial charge in [0.05, 0.1) is 6.61 Å². The van der Waals surface area contributed by atoms with E-state index in [9.17, 15) is 4.39 Å². The lowest BCUT2D eigenvalue weighted by Crippen LogP contribution is -2.25. The number of likely N-dealkylation sites (tertiary alicyclic amines) is 1. The second-order valence-electron chi connectivity index (χ2n) is 5.57. The van der Waals surface area contributed by atoms with Crippen LogP contribution in [0.4, 0.5) is 4.39 Å². The molecule has 0 unspecified atom stereocenters. The fourth-order valence-electron chi connectivity index (χ4n) is 3.26. The zero-order valence-corrected chi connectivity index (χ0v) is 12.6. The van der Waals surface area contributed by atoms with Gasteiger partial charge in [-0.2, -0.15) is 0 Å². The second kappa shape index (κ2) is 6.74. The van der Waals surface area contributed by atoms with E-state index in [0.717, 1.165) is 50.1 Å². The number of hydrogen-bond donors (Lipinski definition) is 1. The molecule has 0 radical (unpaired) electrons. The molecule has 0 spiro atoms. The highest BCUT2D eigenvalue weighted by molar-refractivity contribution is 5.85. The summed E-state index contributed by atoms with van der Waals surface area (Å²) >= 11 is 0.